The number of oxazole rings is 1. The minimum atomic E-state index is -0.489. The van der Waals surface area contributed by atoms with Gasteiger partial charge in [0, 0.05) is 13.1 Å². The molecule has 0 amide bonds. The number of methoxy groups -OCH3 is 1. The zero-order chi connectivity index (χ0) is 17.3. The smallest absolute Gasteiger partial charge is 0.298 e. The first-order valence-corrected chi connectivity index (χ1v) is 8.40. The summed E-state index contributed by atoms with van der Waals surface area (Å²) in [6, 6.07) is 18.8. The molecule has 1 aliphatic heterocycles. The summed E-state index contributed by atoms with van der Waals surface area (Å²) in [5.41, 5.74) is 2.19. The fourth-order valence-electron chi connectivity index (χ4n) is 3.46. The molecular weight excluding hydrogens is 314 g/mol. The monoisotopic (exact) mass is 333 g/mol. The summed E-state index contributed by atoms with van der Waals surface area (Å²) < 4.78 is 11.2. The number of piperidine rings is 1. The molecule has 3 aromatic rings. The summed E-state index contributed by atoms with van der Waals surface area (Å²) in [7, 11) is 1.65. The molecule has 0 aliphatic carbocycles. The number of para-hydroxylation sites is 2. The maximum absolute atomic E-state index is 9.88. The second-order valence-electron chi connectivity index (χ2n) is 6.38. The summed E-state index contributed by atoms with van der Waals surface area (Å²) in [4.78, 5) is 6.69. The number of hydrogen-bond donors (Lipinski definition) is 0. The van der Waals surface area contributed by atoms with Crippen molar-refractivity contribution >= 4 is 17.1 Å². The number of nitriles is 1. The molecule has 0 unspecified atom stereocenters. The van der Waals surface area contributed by atoms with E-state index in [4.69, 9.17) is 9.15 Å². The normalized spacial score (nSPS) is 16.6. The molecule has 5 nitrogen and oxygen atoms in total. The molecule has 126 valence electrons. The van der Waals surface area contributed by atoms with E-state index in [2.05, 4.69) is 16.0 Å². The van der Waals surface area contributed by atoms with Crippen LogP contribution < -0.4 is 9.64 Å². The van der Waals surface area contributed by atoms with Crippen LogP contribution in [-0.2, 0) is 5.41 Å². The van der Waals surface area contributed by atoms with Gasteiger partial charge in [0.1, 0.15) is 11.3 Å². The molecule has 1 aromatic heterocycles. The Bertz CT molecular complexity index is 900. The fourth-order valence-corrected chi connectivity index (χ4v) is 3.46. The summed E-state index contributed by atoms with van der Waals surface area (Å²) in [5.74, 6) is 0.786. The lowest BCUT2D eigenvalue weighted by molar-refractivity contribution is 0.390. The molecule has 0 spiro atoms. The predicted molar refractivity (Wildman–Crippen MR) is 95.7 cm³/mol. The van der Waals surface area contributed by atoms with Gasteiger partial charge in [-0.15, -0.1) is 0 Å². The van der Waals surface area contributed by atoms with Crippen LogP contribution in [0.3, 0.4) is 0 Å². The Hall–Kier alpha value is -3.00. The number of hydrogen-bond acceptors (Lipinski definition) is 5. The Morgan fingerprint density at radius 1 is 1.16 bits per heavy atom. The zero-order valence-corrected chi connectivity index (χ0v) is 14.1. The lowest BCUT2D eigenvalue weighted by atomic mass is 9.74. The number of nitrogens with zero attached hydrogens (tertiary/aromatic N) is 3. The van der Waals surface area contributed by atoms with E-state index in [-0.39, 0.29) is 0 Å². The lowest BCUT2D eigenvalue weighted by Gasteiger charge is -2.37. The van der Waals surface area contributed by atoms with Gasteiger partial charge in [-0.2, -0.15) is 10.2 Å². The molecule has 4 rings (SSSR count). The third-order valence-electron chi connectivity index (χ3n) is 5.01. The van der Waals surface area contributed by atoms with E-state index in [0.717, 1.165) is 48.3 Å². The second kappa shape index (κ2) is 6.14. The lowest BCUT2D eigenvalue weighted by Crippen LogP contribution is -2.42. The molecule has 0 atom stereocenters. The van der Waals surface area contributed by atoms with Gasteiger partial charge in [0.25, 0.3) is 6.01 Å². The summed E-state index contributed by atoms with van der Waals surface area (Å²) in [5, 5.41) is 9.88. The topological polar surface area (TPSA) is 62.3 Å². The first-order chi connectivity index (χ1) is 12.2. The van der Waals surface area contributed by atoms with Crippen molar-refractivity contribution < 1.29 is 9.15 Å². The molecule has 5 heteroatoms. The molecule has 0 N–H and O–H groups in total. The van der Waals surface area contributed by atoms with Gasteiger partial charge in [-0.3, -0.25) is 0 Å². The van der Waals surface area contributed by atoms with E-state index in [1.165, 1.54) is 0 Å². The number of benzene rings is 2. The van der Waals surface area contributed by atoms with E-state index in [9.17, 15) is 5.26 Å². The summed E-state index contributed by atoms with van der Waals surface area (Å²) in [6.07, 6.45) is 1.46. The fraction of sp³-hybridized carbons (Fsp3) is 0.300. The highest BCUT2D eigenvalue weighted by Gasteiger charge is 2.37. The third-order valence-corrected chi connectivity index (χ3v) is 5.01. The Balaban J connectivity index is 1.57. The van der Waals surface area contributed by atoms with Gasteiger partial charge < -0.3 is 14.1 Å². The molecule has 0 bridgehead atoms. The van der Waals surface area contributed by atoms with Gasteiger partial charge in [-0.1, -0.05) is 24.3 Å². The van der Waals surface area contributed by atoms with Crippen LogP contribution in [0.25, 0.3) is 11.1 Å². The van der Waals surface area contributed by atoms with Crippen LogP contribution in [0, 0.1) is 11.3 Å². The first kappa shape index (κ1) is 15.5. The quantitative estimate of drug-likeness (QED) is 0.727. The molecule has 2 aromatic carbocycles. The maximum Gasteiger partial charge on any atom is 0.298 e. The van der Waals surface area contributed by atoms with Crippen molar-refractivity contribution in [2.45, 2.75) is 18.3 Å². The minimum Gasteiger partial charge on any atom is -0.497 e. The predicted octanol–water partition coefficient (Wildman–Crippen LogP) is 3.90. The van der Waals surface area contributed by atoms with Gasteiger partial charge in [0.2, 0.25) is 0 Å². The van der Waals surface area contributed by atoms with Gasteiger partial charge in [-0.05, 0) is 42.7 Å². The van der Waals surface area contributed by atoms with Gasteiger partial charge in [0.05, 0.1) is 18.6 Å². The van der Waals surface area contributed by atoms with Crippen molar-refractivity contribution in [1.82, 2.24) is 4.98 Å². The van der Waals surface area contributed by atoms with Crippen molar-refractivity contribution in [3.8, 4) is 11.8 Å². The van der Waals surface area contributed by atoms with Gasteiger partial charge in [-0.25, -0.2) is 0 Å². The average molecular weight is 333 g/mol. The van der Waals surface area contributed by atoms with Gasteiger partial charge in [0.15, 0.2) is 5.58 Å². The highest BCUT2D eigenvalue weighted by atomic mass is 16.5. The molecule has 1 saturated heterocycles. The number of anilines is 1. The Morgan fingerprint density at radius 2 is 1.96 bits per heavy atom. The summed E-state index contributed by atoms with van der Waals surface area (Å²) in [6.45, 7) is 1.47. The van der Waals surface area contributed by atoms with Crippen LogP contribution >= 0.6 is 0 Å². The Labute approximate surface area is 146 Å². The van der Waals surface area contributed by atoms with Crippen LogP contribution in [-0.4, -0.2) is 25.2 Å². The molecule has 25 heavy (non-hydrogen) atoms. The number of rotatable bonds is 3. The number of ether oxygens (including phenoxy) is 1. The van der Waals surface area contributed by atoms with E-state index in [1.807, 2.05) is 48.5 Å². The Kier molecular flexibility index (Phi) is 3.81. The van der Waals surface area contributed by atoms with Gasteiger partial charge >= 0.3 is 0 Å². The zero-order valence-electron chi connectivity index (χ0n) is 14.1. The molecular formula is C20H19N3O2. The van der Waals surface area contributed by atoms with E-state index in [1.54, 1.807) is 7.11 Å². The third kappa shape index (κ3) is 2.70. The second-order valence-corrected chi connectivity index (χ2v) is 6.38. The molecule has 0 radical (unpaired) electrons. The van der Waals surface area contributed by atoms with Crippen LogP contribution in [0.2, 0.25) is 0 Å². The van der Waals surface area contributed by atoms with Crippen LogP contribution in [0.5, 0.6) is 5.75 Å². The van der Waals surface area contributed by atoms with Crippen molar-refractivity contribution in [3.63, 3.8) is 0 Å². The van der Waals surface area contributed by atoms with Crippen molar-refractivity contribution in [2.75, 3.05) is 25.1 Å². The van der Waals surface area contributed by atoms with Crippen LogP contribution in [0.4, 0.5) is 6.01 Å². The van der Waals surface area contributed by atoms with Crippen LogP contribution in [0.15, 0.2) is 52.9 Å². The maximum atomic E-state index is 9.88. The first-order valence-electron chi connectivity index (χ1n) is 8.40. The SMILES string of the molecule is COc1cccc(C2(C#N)CCN(c3nc4ccccc4o3)CC2)c1. The number of aromatic nitrogens is 1. The Morgan fingerprint density at radius 3 is 2.68 bits per heavy atom. The molecule has 1 aliphatic rings. The van der Waals surface area contributed by atoms with Crippen molar-refractivity contribution in [2.24, 2.45) is 0 Å². The molecule has 2 heterocycles. The number of fused-ring (bicyclic) bond motifs is 1. The molecule has 1 fully saturated rings. The minimum absolute atomic E-state index is 0.489. The highest BCUT2D eigenvalue weighted by Crippen LogP contribution is 2.37. The average Bonchev–Trinajstić information content (AvgIpc) is 3.12. The van der Waals surface area contributed by atoms with E-state index < -0.39 is 5.41 Å². The van der Waals surface area contributed by atoms with Crippen LogP contribution in [0.1, 0.15) is 18.4 Å². The van der Waals surface area contributed by atoms with E-state index in [0.29, 0.717) is 6.01 Å². The largest absolute Gasteiger partial charge is 0.497 e. The standard InChI is InChI=1S/C20H19N3O2/c1-24-16-6-4-5-15(13-16)20(14-21)9-11-23(12-10-20)19-22-17-7-2-3-8-18(17)25-19/h2-8,13H,9-12H2,1H3. The molecule has 0 saturated carbocycles. The summed E-state index contributed by atoms with van der Waals surface area (Å²) >= 11 is 0. The van der Waals surface area contributed by atoms with Crippen molar-refractivity contribution in [1.29, 1.82) is 5.26 Å². The van der Waals surface area contributed by atoms with Crippen molar-refractivity contribution in [3.05, 3.63) is 54.1 Å². The van der Waals surface area contributed by atoms with E-state index >= 15 is 0 Å². The highest BCUT2D eigenvalue weighted by molar-refractivity contribution is 5.74.